The molecule has 1 saturated heterocycles. The molecule has 2 N–H and O–H groups in total. The quantitative estimate of drug-likeness (QED) is 0.665. The van der Waals surface area contributed by atoms with Gasteiger partial charge in [-0.25, -0.2) is 0 Å². The third-order valence-corrected chi connectivity index (χ3v) is 5.11. The largest absolute Gasteiger partial charge is 0.370 e. The summed E-state index contributed by atoms with van der Waals surface area (Å²) in [5.41, 5.74) is 7.32. The fourth-order valence-electron chi connectivity index (χ4n) is 2.65. The van der Waals surface area contributed by atoms with Crippen LogP contribution in [-0.4, -0.2) is 53.8 Å². The lowest BCUT2D eigenvalue weighted by Crippen LogP contribution is -2.51. The Balaban J connectivity index is 1.48. The first-order valence-corrected chi connectivity index (χ1v) is 9.15. The van der Waals surface area contributed by atoms with Crippen LogP contribution in [0.4, 0.5) is 5.69 Å². The summed E-state index contributed by atoms with van der Waals surface area (Å²) >= 11 is 7.55. The van der Waals surface area contributed by atoms with Crippen molar-refractivity contribution in [2.75, 3.05) is 37.6 Å². The Bertz CT molecular complexity index is 691. The minimum absolute atomic E-state index is 0.618. The lowest BCUT2D eigenvalue weighted by molar-refractivity contribution is 0.381. The van der Waals surface area contributed by atoms with E-state index in [1.54, 1.807) is 11.3 Å². The molecular formula is C16H21ClN6S. The van der Waals surface area contributed by atoms with Gasteiger partial charge in [0, 0.05) is 49.9 Å². The smallest absolute Gasteiger partial charge is 0.191 e. The topological polar surface area (TPSA) is 70.6 Å². The number of hydrogen-bond acceptors (Lipinski definition) is 5. The Hall–Kier alpha value is -1.86. The Kier molecular flexibility index (Phi) is 5.52. The summed E-state index contributed by atoms with van der Waals surface area (Å²) < 4.78 is 0. The van der Waals surface area contributed by atoms with Crippen molar-refractivity contribution in [3.63, 3.8) is 0 Å². The maximum absolute atomic E-state index is 6.13. The Morgan fingerprint density at radius 3 is 2.54 bits per heavy atom. The second-order valence-electron chi connectivity index (χ2n) is 5.66. The van der Waals surface area contributed by atoms with E-state index >= 15 is 0 Å². The number of nitrogens with zero attached hydrogens (tertiary/aromatic N) is 5. The lowest BCUT2D eigenvalue weighted by Gasteiger charge is -2.36. The highest BCUT2D eigenvalue weighted by molar-refractivity contribution is 7.11. The van der Waals surface area contributed by atoms with Gasteiger partial charge >= 0.3 is 0 Å². The van der Waals surface area contributed by atoms with Crippen LogP contribution in [0.1, 0.15) is 10.0 Å². The highest BCUT2D eigenvalue weighted by Gasteiger charge is 2.18. The molecule has 6 nitrogen and oxygen atoms in total. The third kappa shape index (κ3) is 4.36. The molecule has 1 aromatic heterocycles. The minimum Gasteiger partial charge on any atom is -0.370 e. The van der Waals surface area contributed by atoms with E-state index in [2.05, 4.69) is 37.1 Å². The van der Waals surface area contributed by atoms with E-state index in [0.29, 0.717) is 12.5 Å². The van der Waals surface area contributed by atoms with E-state index in [4.69, 9.17) is 17.3 Å². The lowest BCUT2D eigenvalue weighted by atomic mass is 10.2. The number of benzene rings is 1. The van der Waals surface area contributed by atoms with E-state index in [1.807, 2.05) is 19.1 Å². The van der Waals surface area contributed by atoms with Crippen LogP contribution in [0.2, 0.25) is 5.02 Å². The maximum atomic E-state index is 6.13. The Labute approximate surface area is 151 Å². The van der Waals surface area contributed by atoms with Crippen molar-refractivity contribution in [2.24, 2.45) is 10.7 Å². The molecule has 2 aromatic rings. The van der Waals surface area contributed by atoms with Crippen LogP contribution in [0, 0.1) is 6.92 Å². The van der Waals surface area contributed by atoms with Gasteiger partial charge in [0.2, 0.25) is 0 Å². The molecule has 2 heterocycles. The highest BCUT2D eigenvalue weighted by Crippen LogP contribution is 2.19. The van der Waals surface area contributed by atoms with E-state index < -0.39 is 0 Å². The van der Waals surface area contributed by atoms with Gasteiger partial charge in [0.25, 0.3) is 0 Å². The molecule has 1 aromatic carbocycles. The number of halogens is 1. The molecule has 0 unspecified atom stereocenters. The van der Waals surface area contributed by atoms with Gasteiger partial charge in [0.1, 0.15) is 10.0 Å². The van der Waals surface area contributed by atoms with Crippen molar-refractivity contribution in [3.05, 3.63) is 39.3 Å². The number of piperazine rings is 1. The molecule has 0 spiro atoms. The van der Waals surface area contributed by atoms with Gasteiger partial charge in [-0.3, -0.25) is 4.99 Å². The second-order valence-corrected chi connectivity index (χ2v) is 7.36. The van der Waals surface area contributed by atoms with Crippen LogP contribution >= 0.6 is 22.9 Å². The SMILES string of the molecule is Cc1nnc(CCN=C(N)N2CCN(c3ccc(Cl)cc3)CC2)s1. The fourth-order valence-corrected chi connectivity index (χ4v) is 3.47. The standard InChI is InChI=1S/C16H21ClN6S/c1-12-20-21-15(24-12)6-7-19-16(18)23-10-8-22(9-11-23)14-4-2-13(17)3-5-14/h2-5H,6-11H2,1H3,(H2,18,19). The molecule has 0 amide bonds. The zero-order chi connectivity index (χ0) is 16.9. The molecule has 0 radical (unpaired) electrons. The molecule has 0 bridgehead atoms. The van der Waals surface area contributed by atoms with Crippen LogP contribution in [0.15, 0.2) is 29.3 Å². The number of nitrogens with two attached hydrogens (primary N) is 1. The molecular weight excluding hydrogens is 344 g/mol. The molecule has 0 saturated carbocycles. The number of aryl methyl sites for hydroxylation is 1. The number of aromatic nitrogens is 2. The van der Waals surface area contributed by atoms with Crippen molar-refractivity contribution >= 4 is 34.6 Å². The molecule has 24 heavy (non-hydrogen) atoms. The Morgan fingerprint density at radius 1 is 1.21 bits per heavy atom. The van der Waals surface area contributed by atoms with E-state index in [1.165, 1.54) is 5.69 Å². The summed E-state index contributed by atoms with van der Waals surface area (Å²) in [6.07, 6.45) is 0.789. The second kappa shape index (κ2) is 7.81. The zero-order valence-electron chi connectivity index (χ0n) is 13.7. The molecule has 0 atom stereocenters. The van der Waals surface area contributed by atoms with Gasteiger partial charge in [0.15, 0.2) is 5.96 Å². The fraction of sp³-hybridized carbons (Fsp3) is 0.438. The van der Waals surface area contributed by atoms with E-state index in [9.17, 15) is 0 Å². The average Bonchev–Trinajstić information content (AvgIpc) is 3.01. The van der Waals surface area contributed by atoms with Crippen LogP contribution in [0.5, 0.6) is 0 Å². The molecule has 1 aliphatic rings. The highest BCUT2D eigenvalue weighted by atomic mass is 35.5. The summed E-state index contributed by atoms with van der Waals surface area (Å²) in [5.74, 6) is 0.618. The van der Waals surface area contributed by atoms with Gasteiger partial charge in [-0.15, -0.1) is 21.5 Å². The first-order valence-electron chi connectivity index (χ1n) is 7.96. The van der Waals surface area contributed by atoms with Gasteiger partial charge in [-0.05, 0) is 31.2 Å². The number of anilines is 1. The average molecular weight is 365 g/mol. The van der Waals surface area contributed by atoms with Crippen LogP contribution < -0.4 is 10.6 Å². The number of rotatable bonds is 4. The van der Waals surface area contributed by atoms with Crippen molar-refractivity contribution in [3.8, 4) is 0 Å². The number of guanidine groups is 1. The monoisotopic (exact) mass is 364 g/mol. The van der Waals surface area contributed by atoms with Crippen molar-refractivity contribution in [1.82, 2.24) is 15.1 Å². The summed E-state index contributed by atoms with van der Waals surface area (Å²) in [6.45, 7) is 6.20. The van der Waals surface area contributed by atoms with Crippen LogP contribution in [-0.2, 0) is 6.42 Å². The third-order valence-electron chi connectivity index (χ3n) is 3.96. The molecule has 3 rings (SSSR count). The predicted octanol–water partition coefficient (Wildman–Crippen LogP) is 2.18. The van der Waals surface area contributed by atoms with Crippen molar-refractivity contribution < 1.29 is 0 Å². The first-order chi connectivity index (χ1) is 11.6. The van der Waals surface area contributed by atoms with Crippen LogP contribution in [0.25, 0.3) is 0 Å². The van der Waals surface area contributed by atoms with E-state index in [-0.39, 0.29) is 0 Å². The molecule has 128 valence electrons. The molecule has 1 fully saturated rings. The summed E-state index contributed by atoms with van der Waals surface area (Å²) in [5, 5.41) is 10.9. The van der Waals surface area contributed by atoms with Crippen molar-refractivity contribution in [2.45, 2.75) is 13.3 Å². The first kappa shape index (κ1) is 17.0. The molecule has 0 aliphatic carbocycles. The number of aliphatic imine (C=N–C) groups is 1. The van der Waals surface area contributed by atoms with E-state index in [0.717, 1.165) is 47.6 Å². The van der Waals surface area contributed by atoms with Gasteiger partial charge in [0.05, 0.1) is 0 Å². The summed E-state index contributed by atoms with van der Waals surface area (Å²) in [6, 6.07) is 7.96. The van der Waals surface area contributed by atoms with Gasteiger partial charge < -0.3 is 15.5 Å². The maximum Gasteiger partial charge on any atom is 0.191 e. The molecule has 1 aliphatic heterocycles. The van der Waals surface area contributed by atoms with Crippen molar-refractivity contribution in [1.29, 1.82) is 0 Å². The van der Waals surface area contributed by atoms with Crippen LogP contribution in [0.3, 0.4) is 0 Å². The molecule has 8 heteroatoms. The number of hydrogen-bond donors (Lipinski definition) is 1. The zero-order valence-corrected chi connectivity index (χ0v) is 15.2. The van der Waals surface area contributed by atoms with Gasteiger partial charge in [-0.1, -0.05) is 11.6 Å². The Morgan fingerprint density at radius 2 is 1.92 bits per heavy atom. The summed E-state index contributed by atoms with van der Waals surface area (Å²) in [4.78, 5) is 8.96. The minimum atomic E-state index is 0.618. The predicted molar refractivity (Wildman–Crippen MR) is 100 cm³/mol. The van der Waals surface area contributed by atoms with Gasteiger partial charge in [-0.2, -0.15) is 0 Å². The normalized spacial score (nSPS) is 15.8. The summed E-state index contributed by atoms with van der Waals surface area (Å²) in [7, 11) is 0.